The molecule has 1 amide bonds. The molecular formula is C23H26N4O3S. The normalized spacial score (nSPS) is 14.3. The summed E-state index contributed by atoms with van der Waals surface area (Å²) in [5.74, 6) is 0.894. The first-order valence-electron chi connectivity index (χ1n) is 10.2. The van der Waals surface area contributed by atoms with Crippen molar-refractivity contribution >= 4 is 28.6 Å². The zero-order valence-electron chi connectivity index (χ0n) is 17.7. The molecule has 1 aromatic heterocycles. The molecule has 0 unspecified atom stereocenters. The van der Waals surface area contributed by atoms with Crippen LogP contribution in [0.4, 0.5) is 11.4 Å². The highest BCUT2D eigenvalue weighted by Crippen LogP contribution is 2.31. The Labute approximate surface area is 186 Å². The lowest BCUT2D eigenvalue weighted by Gasteiger charge is -2.35. The Morgan fingerprint density at radius 2 is 1.94 bits per heavy atom. The summed E-state index contributed by atoms with van der Waals surface area (Å²) in [4.78, 5) is 21.8. The third-order valence-corrected chi connectivity index (χ3v) is 5.92. The minimum Gasteiger partial charge on any atom is -0.493 e. The van der Waals surface area contributed by atoms with Gasteiger partial charge in [-0.2, -0.15) is 0 Å². The van der Waals surface area contributed by atoms with Gasteiger partial charge in [0.05, 0.1) is 29.7 Å². The van der Waals surface area contributed by atoms with Crippen molar-refractivity contribution in [2.45, 2.75) is 6.61 Å². The second kappa shape index (κ2) is 9.80. The van der Waals surface area contributed by atoms with E-state index in [1.807, 2.05) is 23.6 Å². The summed E-state index contributed by atoms with van der Waals surface area (Å²) < 4.78 is 11.3. The molecule has 0 atom stereocenters. The first-order valence-corrected chi connectivity index (χ1v) is 11.1. The van der Waals surface area contributed by atoms with E-state index < -0.39 is 0 Å². The predicted molar refractivity (Wildman–Crippen MR) is 124 cm³/mol. The smallest absolute Gasteiger partial charge is 0.255 e. The van der Waals surface area contributed by atoms with Crippen LogP contribution in [-0.4, -0.2) is 56.1 Å². The lowest BCUT2D eigenvalue weighted by Crippen LogP contribution is -2.44. The molecule has 0 saturated carbocycles. The second-order valence-corrected chi connectivity index (χ2v) is 8.11. The maximum Gasteiger partial charge on any atom is 0.255 e. The minimum absolute atomic E-state index is 0.189. The molecule has 0 bridgehead atoms. The molecular weight excluding hydrogens is 412 g/mol. The number of nitrogens with zero attached hydrogens (tertiary/aromatic N) is 3. The van der Waals surface area contributed by atoms with E-state index in [2.05, 4.69) is 33.2 Å². The number of piperazine rings is 1. The Balaban J connectivity index is 1.47. The number of benzene rings is 2. The van der Waals surface area contributed by atoms with Crippen LogP contribution in [0.1, 0.15) is 16.1 Å². The Bertz CT molecular complexity index is 1020. The van der Waals surface area contributed by atoms with Crippen LogP contribution in [0.15, 0.2) is 53.4 Å². The van der Waals surface area contributed by atoms with Gasteiger partial charge in [-0.25, -0.2) is 4.98 Å². The van der Waals surface area contributed by atoms with Gasteiger partial charge in [-0.3, -0.25) is 4.79 Å². The van der Waals surface area contributed by atoms with Crippen LogP contribution in [0.25, 0.3) is 0 Å². The molecule has 7 nitrogen and oxygen atoms in total. The summed E-state index contributed by atoms with van der Waals surface area (Å²) >= 11 is 1.52. The Kier molecular flexibility index (Phi) is 6.69. The predicted octanol–water partition coefficient (Wildman–Crippen LogP) is 3.73. The largest absolute Gasteiger partial charge is 0.493 e. The number of amides is 1. The molecule has 1 aliphatic rings. The molecule has 2 heterocycles. The summed E-state index contributed by atoms with van der Waals surface area (Å²) in [5, 5.41) is 5.00. The van der Waals surface area contributed by atoms with Gasteiger partial charge in [0.1, 0.15) is 6.61 Å². The molecule has 1 N–H and O–H groups in total. The number of methoxy groups -OCH3 is 1. The average Bonchev–Trinajstić information content (AvgIpc) is 3.32. The number of carbonyl (C=O) groups is 1. The van der Waals surface area contributed by atoms with Crippen molar-refractivity contribution in [1.82, 2.24) is 9.88 Å². The van der Waals surface area contributed by atoms with Gasteiger partial charge < -0.3 is 24.6 Å². The van der Waals surface area contributed by atoms with Crippen LogP contribution in [0.3, 0.4) is 0 Å². The van der Waals surface area contributed by atoms with Gasteiger partial charge in [0.15, 0.2) is 11.5 Å². The van der Waals surface area contributed by atoms with Gasteiger partial charge >= 0.3 is 0 Å². The number of ether oxygens (including phenoxy) is 2. The van der Waals surface area contributed by atoms with Gasteiger partial charge in [0, 0.05) is 37.1 Å². The van der Waals surface area contributed by atoms with Crippen LogP contribution >= 0.6 is 11.3 Å². The number of likely N-dealkylation sites (N-methyl/N-ethyl adjacent to an activating group) is 1. The summed E-state index contributed by atoms with van der Waals surface area (Å²) in [6, 6.07) is 13.1. The monoisotopic (exact) mass is 438 g/mol. The number of rotatable bonds is 7. The van der Waals surface area contributed by atoms with Gasteiger partial charge in [0.25, 0.3) is 5.91 Å². The van der Waals surface area contributed by atoms with E-state index >= 15 is 0 Å². The van der Waals surface area contributed by atoms with E-state index in [-0.39, 0.29) is 5.91 Å². The Morgan fingerprint density at radius 3 is 2.68 bits per heavy atom. The van der Waals surface area contributed by atoms with Crippen molar-refractivity contribution < 1.29 is 14.3 Å². The van der Waals surface area contributed by atoms with Gasteiger partial charge in [-0.1, -0.05) is 12.1 Å². The number of hydrogen-bond donors (Lipinski definition) is 1. The second-order valence-electron chi connectivity index (χ2n) is 7.40. The van der Waals surface area contributed by atoms with Crippen molar-refractivity contribution in [3.63, 3.8) is 0 Å². The molecule has 4 rings (SSSR count). The molecule has 2 aromatic carbocycles. The van der Waals surface area contributed by atoms with Gasteiger partial charge in [0.2, 0.25) is 0 Å². The lowest BCUT2D eigenvalue weighted by atomic mass is 10.1. The van der Waals surface area contributed by atoms with E-state index in [0.29, 0.717) is 23.7 Å². The molecule has 3 aromatic rings. The molecule has 0 spiro atoms. The van der Waals surface area contributed by atoms with Crippen molar-refractivity contribution in [1.29, 1.82) is 0 Å². The van der Waals surface area contributed by atoms with Crippen molar-refractivity contribution in [3.05, 3.63) is 64.6 Å². The van der Waals surface area contributed by atoms with Gasteiger partial charge in [-0.05, 0) is 37.4 Å². The minimum atomic E-state index is -0.189. The fourth-order valence-electron chi connectivity index (χ4n) is 3.49. The number of anilines is 2. The van der Waals surface area contributed by atoms with E-state index in [1.54, 1.807) is 30.8 Å². The molecule has 0 radical (unpaired) electrons. The summed E-state index contributed by atoms with van der Waals surface area (Å²) in [6.45, 7) is 4.22. The molecule has 1 fully saturated rings. The number of nitrogens with one attached hydrogen (secondary N) is 1. The van der Waals surface area contributed by atoms with Crippen LogP contribution < -0.4 is 19.7 Å². The van der Waals surface area contributed by atoms with Crippen LogP contribution in [0, 0.1) is 0 Å². The van der Waals surface area contributed by atoms with Crippen molar-refractivity contribution in [2.75, 3.05) is 50.6 Å². The van der Waals surface area contributed by atoms with E-state index in [1.165, 1.54) is 11.3 Å². The highest BCUT2D eigenvalue weighted by molar-refractivity contribution is 7.07. The number of aromatic nitrogens is 1. The number of hydrogen-bond acceptors (Lipinski definition) is 7. The summed E-state index contributed by atoms with van der Waals surface area (Å²) in [5.41, 5.74) is 4.98. The first kappa shape index (κ1) is 21.1. The van der Waals surface area contributed by atoms with Crippen LogP contribution in [0.5, 0.6) is 11.5 Å². The number of carbonyl (C=O) groups excluding carboxylic acids is 1. The van der Waals surface area contributed by atoms with Crippen LogP contribution in [-0.2, 0) is 6.61 Å². The maximum absolute atomic E-state index is 13.0. The average molecular weight is 439 g/mol. The zero-order chi connectivity index (χ0) is 21.6. The molecule has 8 heteroatoms. The third-order valence-electron chi connectivity index (χ3n) is 5.28. The van der Waals surface area contributed by atoms with Crippen molar-refractivity contribution in [2.24, 2.45) is 0 Å². The number of para-hydroxylation sites is 2. The third kappa shape index (κ3) is 5.15. The quantitative estimate of drug-likeness (QED) is 0.606. The highest BCUT2D eigenvalue weighted by atomic mass is 32.1. The summed E-state index contributed by atoms with van der Waals surface area (Å²) in [6.07, 6.45) is 0. The molecule has 162 valence electrons. The zero-order valence-corrected chi connectivity index (χ0v) is 18.5. The standard InChI is InChI=1S/C23H26N4O3S/c1-26-9-11-27(12-10-26)20-6-4-3-5-19(20)25-23(28)17-7-8-21(22(13-17)29-2)30-14-18-15-31-16-24-18/h3-8,13,15-16H,9-12,14H2,1-2H3,(H,25,28). The Morgan fingerprint density at radius 1 is 1.13 bits per heavy atom. The molecule has 1 saturated heterocycles. The fraction of sp³-hybridized carbons (Fsp3) is 0.304. The van der Waals surface area contributed by atoms with Gasteiger partial charge in [-0.15, -0.1) is 11.3 Å². The van der Waals surface area contributed by atoms with Crippen molar-refractivity contribution in [3.8, 4) is 11.5 Å². The Hall–Kier alpha value is -3.10. The summed E-state index contributed by atoms with van der Waals surface area (Å²) in [7, 11) is 3.69. The van der Waals surface area contributed by atoms with E-state index in [0.717, 1.165) is 43.2 Å². The first-order chi connectivity index (χ1) is 15.1. The highest BCUT2D eigenvalue weighted by Gasteiger charge is 2.19. The van der Waals surface area contributed by atoms with E-state index in [9.17, 15) is 4.79 Å². The van der Waals surface area contributed by atoms with E-state index in [4.69, 9.17) is 9.47 Å². The fourth-order valence-corrected chi connectivity index (χ4v) is 4.03. The lowest BCUT2D eigenvalue weighted by molar-refractivity contribution is 0.102. The molecule has 0 aliphatic carbocycles. The molecule has 1 aliphatic heterocycles. The molecule has 31 heavy (non-hydrogen) atoms. The SMILES string of the molecule is COc1cc(C(=O)Nc2ccccc2N2CCN(C)CC2)ccc1OCc1cscn1. The van der Waals surface area contributed by atoms with Crippen LogP contribution in [0.2, 0.25) is 0 Å². The topological polar surface area (TPSA) is 66.9 Å². The number of thiazole rings is 1. The maximum atomic E-state index is 13.0.